The summed E-state index contributed by atoms with van der Waals surface area (Å²) in [7, 11) is 0. The highest BCUT2D eigenvalue weighted by Crippen LogP contribution is 2.18. The molecule has 4 nitrogen and oxygen atoms in total. The van der Waals surface area contributed by atoms with E-state index in [4.69, 9.17) is 22.1 Å². The Kier molecular flexibility index (Phi) is 4.10. The van der Waals surface area contributed by atoms with Gasteiger partial charge in [-0.05, 0) is 6.42 Å². The van der Waals surface area contributed by atoms with Crippen molar-refractivity contribution in [2.24, 2.45) is 5.92 Å². The molecule has 1 fully saturated rings. The molecular formula is C8H14ClN3OS. The van der Waals surface area contributed by atoms with Gasteiger partial charge in [0.05, 0.1) is 6.61 Å². The molecule has 1 aromatic rings. The highest BCUT2D eigenvalue weighted by atomic mass is 35.5. The maximum Gasteiger partial charge on any atom is 0.153 e. The van der Waals surface area contributed by atoms with Gasteiger partial charge in [0.15, 0.2) is 5.15 Å². The quantitative estimate of drug-likeness (QED) is 0.840. The van der Waals surface area contributed by atoms with Crippen LogP contribution in [0, 0.1) is 5.92 Å². The number of rotatable bonds is 2. The molecule has 1 unspecified atom stereocenters. The Hall–Kier alpha value is -0.390. The second-order valence-electron chi connectivity index (χ2n) is 3.30. The molecule has 0 saturated carbocycles. The van der Waals surface area contributed by atoms with Gasteiger partial charge in [0.1, 0.15) is 5.82 Å². The van der Waals surface area contributed by atoms with Crippen LogP contribution in [0.1, 0.15) is 6.42 Å². The molecule has 0 spiro atoms. The third-order valence-electron chi connectivity index (χ3n) is 2.24. The Morgan fingerprint density at radius 2 is 2.50 bits per heavy atom. The first kappa shape index (κ1) is 11.7. The number of nitrogens with two attached hydrogens (primary N) is 1. The number of aromatic nitrogens is 2. The monoisotopic (exact) mass is 235 g/mol. The van der Waals surface area contributed by atoms with E-state index in [0.29, 0.717) is 16.9 Å². The van der Waals surface area contributed by atoms with E-state index in [1.54, 1.807) is 10.7 Å². The topological polar surface area (TPSA) is 53.1 Å². The van der Waals surface area contributed by atoms with Gasteiger partial charge >= 0.3 is 0 Å². The van der Waals surface area contributed by atoms with E-state index < -0.39 is 0 Å². The maximum absolute atomic E-state index is 5.71. The van der Waals surface area contributed by atoms with E-state index in [1.165, 1.54) is 0 Å². The van der Waals surface area contributed by atoms with Crippen LogP contribution in [0.25, 0.3) is 0 Å². The fourth-order valence-corrected chi connectivity index (χ4v) is 1.72. The predicted octanol–water partition coefficient (Wildman–Crippen LogP) is 1.27. The zero-order chi connectivity index (χ0) is 9.26. The van der Waals surface area contributed by atoms with Crippen molar-refractivity contribution < 1.29 is 4.74 Å². The summed E-state index contributed by atoms with van der Waals surface area (Å²) in [5.41, 5.74) is 5.69. The summed E-state index contributed by atoms with van der Waals surface area (Å²) in [6, 6.07) is 1.66. The van der Waals surface area contributed by atoms with Gasteiger partial charge < -0.3 is 10.5 Å². The Morgan fingerprint density at radius 3 is 3.00 bits per heavy atom. The van der Waals surface area contributed by atoms with E-state index in [2.05, 4.69) is 5.10 Å². The van der Waals surface area contributed by atoms with Crippen LogP contribution >= 0.6 is 25.1 Å². The minimum absolute atomic E-state index is 0. The van der Waals surface area contributed by atoms with Gasteiger partial charge in [-0.25, -0.2) is 4.68 Å². The van der Waals surface area contributed by atoms with Crippen LogP contribution in [-0.2, 0) is 11.3 Å². The van der Waals surface area contributed by atoms with Crippen LogP contribution in [0.3, 0.4) is 0 Å². The Bertz CT molecular complexity index is 299. The van der Waals surface area contributed by atoms with E-state index in [-0.39, 0.29) is 13.5 Å². The molecule has 1 saturated heterocycles. The molecule has 1 atom stereocenters. The number of halogens is 1. The van der Waals surface area contributed by atoms with E-state index in [0.717, 1.165) is 26.2 Å². The minimum Gasteiger partial charge on any atom is -0.384 e. The fourth-order valence-electron chi connectivity index (χ4n) is 1.52. The molecule has 0 aromatic carbocycles. The van der Waals surface area contributed by atoms with Crippen molar-refractivity contribution in [1.82, 2.24) is 9.78 Å². The molecule has 0 amide bonds. The van der Waals surface area contributed by atoms with E-state index in [9.17, 15) is 0 Å². The van der Waals surface area contributed by atoms with Crippen molar-refractivity contribution in [3.63, 3.8) is 0 Å². The first-order chi connectivity index (χ1) is 6.25. The normalized spacial score (nSPS) is 20.8. The molecule has 0 aliphatic carbocycles. The zero-order valence-corrected chi connectivity index (χ0v) is 9.50. The Balaban J connectivity index is 0.000000980. The van der Waals surface area contributed by atoms with E-state index >= 15 is 0 Å². The lowest BCUT2D eigenvalue weighted by atomic mass is 10.1. The number of ether oxygens (including phenoxy) is 1. The number of anilines is 1. The lowest BCUT2D eigenvalue weighted by Gasteiger charge is -2.08. The van der Waals surface area contributed by atoms with Crippen molar-refractivity contribution in [3.8, 4) is 0 Å². The first-order valence-corrected chi connectivity index (χ1v) is 4.70. The van der Waals surface area contributed by atoms with Gasteiger partial charge in [0.2, 0.25) is 0 Å². The second kappa shape index (κ2) is 4.91. The van der Waals surface area contributed by atoms with Gasteiger partial charge in [-0.2, -0.15) is 18.6 Å². The average Bonchev–Trinajstić information content (AvgIpc) is 2.63. The molecule has 2 rings (SSSR count). The SMILES string of the molecule is Nc1cc(Cl)nn1CC1CCOC1.S. The molecule has 2 N–H and O–H groups in total. The number of nitrogen functional groups attached to an aromatic ring is 1. The molecule has 2 heterocycles. The lowest BCUT2D eigenvalue weighted by Crippen LogP contribution is -2.13. The fraction of sp³-hybridized carbons (Fsp3) is 0.625. The minimum atomic E-state index is 0. The smallest absolute Gasteiger partial charge is 0.153 e. The molecule has 1 aromatic heterocycles. The standard InChI is InChI=1S/C8H12ClN3O.H2S/c9-7-3-8(10)12(11-7)4-6-1-2-13-5-6;/h3,6H,1-2,4-5,10H2;1H2. The molecule has 80 valence electrons. The van der Waals surface area contributed by atoms with Gasteiger partial charge in [0.25, 0.3) is 0 Å². The van der Waals surface area contributed by atoms with Crippen molar-refractivity contribution in [2.75, 3.05) is 18.9 Å². The third kappa shape index (κ3) is 2.56. The molecule has 6 heteroatoms. The van der Waals surface area contributed by atoms with Gasteiger partial charge in [-0.1, -0.05) is 11.6 Å². The summed E-state index contributed by atoms with van der Waals surface area (Å²) in [6.07, 6.45) is 1.08. The van der Waals surface area contributed by atoms with E-state index in [1.807, 2.05) is 0 Å². The van der Waals surface area contributed by atoms with Crippen LogP contribution in [0.5, 0.6) is 0 Å². The second-order valence-corrected chi connectivity index (χ2v) is 3.69. The van der Waals surface area contributed by atoms with Crippen LogP contribution in [0.4, 0.5) is 5.82 Å². The number of hydrogen-bond donors (Lipinski definition) is 1. The summed E-state index contributed by atoms with van der Waals surface area (Å²) in [4.78, 5) is 0. The highest BCUT2D eigenvalue weighted by molar-refractivity contribution is 7.59. The maximum atomic E-state index is 5.71. The van der Waals surface area contributed by atoms with Gasteiger partial charge in [-0.3, -0.25) is 0 Å². The Labute approximate surface area is 94.8 Å². The van der Waals surface area contributed by atoms with Crippen LogP contribution < -0.4 is 5.73 Å². The van der Waals surface area contributed by atoms with Gasteiger partial charge in [-0.15, -0.1) is 0 Å². The average molecular weight is 236 g/mol. The van der Waals surface area contributed by atoms with Crippen molar-refractivity contribution in [2.45, 2.75) is 13.0 Å². The van der Waals surface area contributed by atoms with Crippen LogP contribution in [-0.4, -0.2) is 23.0 Å². The lowest BCUT2D eigenvalue weighted by molar-refractivity contribution is 0.181. The molecule has 0 radical (unpaired) electrons. The summed E-state index contributed by atoms with van der Waals surface area (Å²) >= 11 is 5.71. The van der Waals surface area contributed by atoms with Crippen molar-refractivity contribution >= 4 is 30.9 Å². The van der Waals surface area contributed by atoms with Crippen LogP contribution in [0.2, 0.25) is 5.15 Å². The van der Waals surface area contributed by atoms with Gasteiger partial charge in [0, 0.05) is 25.1 Å². The predicted molar refractivity (Wildman–Crippen MR) is 61.0 cm³/mol. The largest absolute Gasteiger partial charge is 0.384 e. The molecule has 1 aliphatic rings. The Morgan fingerprint density at radius 1 is 1.71 bits per heavy atom. The third-order valence-corrected chi connectivity index (χ3v) is 2.42. The molecular weight excluding hydrogens is 222 g/mol. The summed E-state index contributed by atoms with van der Waals surface area (Å²) in [5.74, 6) is 1.15. The summed E-state index contributed by atoms with van der Waals surface area (Å²) < 4.78 is 7.00. The zero-order valence-electron chi connectivity index (χ0n) is 7.74. The van der Waals surface area contributed by atoms with Crippen molar-refractivity contribution in [3.05, 3.63) is 11.2 Å². The highest BCUT2D eigenvalue weighted by Gasteiger charge is 2.17. The molecule has 1 aliphatic heterocycles. The summed E-state index contributed by atoms with van der Waals surface area (Å²) in [5, 5.41) is 4.53. The summed E-state index contributed by atoms with van der Waals surface area (Å²) in [6.45, 7) is 2.45. The molecule has 14 heavy (non-hydrogen) atoms. The number of hydrogen-bond acceptors (Lipinski definition) is 3. The first-order valence-electron chi connectivity index (χ1n) is 4.32. The molecule has 0 bridgehead atoms. The number of nitrogens with zero attached hydrogens (tertiary/aromatic N) is 2. The van der Waals surface area contributed by atoms with Crippen molar-refractivity contribution in [1.29, 1.82) is 0 Å². The van der Waals surface area contributed by atoms with Crippen LogP contribution in [0.15, 0.2) is 6.07 Å².